The van der Waals surface area contributed by atoms with Gasteiger partial charge in [0, 0.05) is 18.0 Å². The molecule has 80 valence electrons. The standard InChI is InChI=1S/C11H14N2O2/c1-11(2)7-15-8-13(11)10(14)9-3-5-12-6-4-9/h3-6H,7-8H2,1-2H3. The first kappa shape index (κ1) is 10.1. The van der Waals surface area contributed by atoms with Gasteiger partial charge in [0.25, 0.3) is 5.91 Å². The van der Waals surface area contributed by atoms with Crippen molar-refractivity contribution >= 4 is 5.91 Å². The summed E-state index contributed by atoms with van der Waals surface area (Å²) < 4.78 is 5.30. The molecule has 0 atom stereocenters. The Balaban J connectivity index is 2.22. The van der Waals surface area contributed by atoms with Crippen LogP contribution in [0.2, 0.25) is 0 Å². The lowest BCUT2D eigenvalue weighted by molar-refractivity contribution is 0.0605. The van der Waals surface area contributed by atoms with E-state index in [9.17, 15) is 4.79 Å². The first-order valence-electron chi connectivity index (χ1n) is 4.91. The molecule has 1 aliphatic heterocycles. The molecular formula is C11H14N2O2. The van der Waals surface area contributed by atoms with Crippen molar-refractivity contribution in [3.8, 4) is 0 Å². The van der Waals surface area contributed by atoms with Crippen molar-refractivity contribution in [3.05, 3.63) is 30.1 Å². The SMILES string of the molecule is CC1(C)COCN1C(=O)c1ccncc1. The average Bonchev–Trinajstić information content (AvgIpc) is 2.58. The van der Waals surface area contributed by atoms with E-state index in [1.165, 1.54) is 0 Å². The minimum Gasteiger partial charge on any atom is -0.359 e. The van der Waals surface area contributed by atoms with Crippen molar-refractivity contribution in [1.82, 2.24) is 9.88 Å². The van der Waals surface area contributed by atoms with E-state index in [2.05, 4.69) is 4.98 Å². The fourth-order valence-electron chi connectivity index (χ4n) is 1.62. The lowest BCUT2D eigenvalue weighted by atomic mass is 10.1. The number of rotatable bonds is 1. The zero-order valence-corrected chi connectivity index (χ0v) is 8.93. The summed E-state index contributed by atoms with van der Waals surface area (Å²) in [5, 5.41) is 0. The molecule has 1 aromatic rings. The summed E-state index contributed by atoms with van der Waals surface area (Å²) in [7, 11) is 0. The van der Waals surface area contributed by atoms with E-state index in [0.29, 0.717) is 18.9 Å². The van der Waals surface area contributed by atoms with Crippen LogP contribution in [0.1, 0.15) is 24.2 Å². The number of ether oxygens (including phenoxy) is 1. The normalized spacial score (nSPS) is 19.2. The van der Waals surface area contributed by atoms with Crippen molar-refractivity contribution in [2.45, 2.75) is 19.4 Å². The van der Waals surface area contributed by atoms with Gasteiger partial charge in [-0.25, -0.2) is 0 Å². The smallest absolute Gasteiger partial charge is 0.256 e. The quantitative estimate of drug-likeness (QED) is 0.695. The van der Waals surface area contributed by atoms with E-state index < -0.39 is 0 Å². The third kappa shape index (κ3) is 1.85. The van der Waals surface area contributed by atoms with E-state index in [4.69, 9.17) is 4.74 Å². The van der Waals surface area contributed by atoms with E-state index in [-0.39, 0.29) is 11.4 Å². The molecule has 2 rings (SSSR count). The monoisotopic (exact) mass is 206 g/mol. The fraction of sp³-hybridized carbons (Fsp3) is 0.455. The van der Waals surface area contributed by atoms with E-state index >= 15 is 0 Å². The van der Waals surface area contributed by atoms with Gasteiger partial charge in [0.05, 0.1) is 12.1 Å². The lowest BCUT2D eigenvalue weighted by Crippen LogP contribution is -2.44. The van der Waals surface area contributed by atoms with Gasteiger partial charge in [-0.1, -0.05) is 0 Å². The molecule has 0 aromatic carbocycles. The highest BCUT2D eigenvalue weighted by molar-refractivity contribution is 5.94. The number of carbonyl (C=O) groups is 1. The number of pyridine rings is 1. The van der Waals surface area contributed by atoms with Gasteiger partial charge in [0.1, 0.15) is 6.73 Å². The molecule has 4 heteroatoms. The molecular weight excluding hydrogens is 192 g/mol. The first-order chi connectivity index (χ1) is 7.11. The Morgan fingerprint density at radius 3 is 2.67 bits per heavy atom. The minimum absolute atomic E-state index is 0.0000926. The molecule has 1 saturated heterocycles. The molecule has 0 spiro atoms. The highest BCUT2D eigenvalue weighted by Gasteiger charge is 2.36. The largest absolute Gasteiger partial charge is 0.359 e. The van der Waals surface area contributed by atoms with E-state index in [0.717, 1.165) is 0 Å². The first-order valence-corrected chi connectivity index (χ1v) is 4.91. The Labute approximate surface area is 88.9 Å². The second-order valence-corrected chi connectivity index (χ2v) is 4.26. The molecule has 15 heavy (non-hydrogen) atoms. The van der Waals surface area contributed by atoms with Crippen LogP contribution in [0.3, 0.4) is 0 Å². The zero-order valence-electron chi connectivity index (χ0n) is 8.93. The lowest BCUT2D eigenvalue weighted by Gasteiger charge is -2.29. The Bertz CT molecular complexity index is 362. The molecule has 0 aliphatic carbocycles. The molecule has 0 saturated carbocycles. The summed E-state index contributed by atoms with van der Waals surface area (Å²) in [4.78, 5) is 17.7. The van der Waals surface area contributed by atoms with E-state index in [1.54, 1.807) is 29.4 Å². The van der Waals surface area contributed by atoms with Crippen LogP contribution in [0.25, 0.3) is 0 Å². The summed E-state index contributed by atoms with van der Waals surface area (Å²) in [6.45, 7) is 4.95. The van der Waals surface area contributed by atoms with Gasteiger partial charge in [-0.2, -0.15) is 0 Å². The maximum atomic E-state index is 12.1. The van der Waals surface area contributed by atoms with Crippen LogP contribution in [0, 0.1) is 0 Å². The summed E-state index contributed by atoms with van der Waals surface area (Å²) >= 11 is 0. The Hall–Kier alpha value is -1.42. The van der Waals surface area contributed by atoms with Crippen LogP contribution >= 0.6 is 0 Å². The van der Waals surface area contributed by atoms with Crippen LogP contribution in [0.5, 0.6) is 0 Å². The van der Waals surface area contributed by atoms with Crippen molar-refractivity contribution in [2.24, 2.45) is 0 Å². The topological polar surface area (TPSA) is 42.4 Å². The van der Waals surface area contributed by atoms with Crippen molar-refractivity contribution in [3.63, 3.8) is 0 Å². The third-order valence-corrected chi connectivity index (χ3v) is 2.58. The second kappa shape index (κ2) is 3.62. The molecule has 4 nitrogen and oxygen atoms in total. The van der Waals surface area contributed by atoms with Crippen LogP contribution in [-0.4, -0.2) is 34.7 Å². The molecule has 1 amide bonds. The predicted octanol–water partition coefficient (Wildman–Crippen LogP) is 1.29. The van der Waals surface area contributed by atoms with Gasteiger partial charge in [-0.3, -0.25) is 9.78 Å². The summed E-state index contributed by atoms with van der Waals surface area (Å²) in [5.74, 6) is -0.0000926. The van der Waals surface area contributed by atoms with Crippen molar-refractivity contribution in [2.75, 3.05) is 13.3 Å². The Kier molecular flexibility index (Phi) is 2.44. The molecule has 0 N–H and O–H groups in total. The van der Waals surface area contributed by atoms with Crippen molar-refractivity contribution in [1.29, 1.82) is 0 Å². The van der Waals surface area contributed by atoms with Crippen LogP contribution in [0.4, 0.5) is 0 Å². The highest BCUT2D eigenvalue weighted by Crippen LogP contribution is 2.23. The van der Waals surface area contributed by atoms with Crippen molar-refractivity contribution < 1.29 is 9.53 Å². The maximum Gasteiger partial charge on any atom is 0.256 e. The molecule has 1 aliphatic rings. The molecule has 2 heterocycles. The van der Waals surface area contributed by atoms with Gasteiger partial charge in [-0.15, -0.1) is 0 Å². The molecule has 0 bridgehead atoms. The van der Waals surface area contributed by atoms with Crippen LogP contribution < -0.4 is 0 Å². The zero-order chi connectivity index (χ0) is 10.9. The fourth-order valence-corrected chi connectivity index (χ4v) is 1.62. The van der Waals surface area contributed by atoms with Gasteiger partial charge in [-0.05, 0) is 26.0 Å². The summed E-state index contributed by atoms with van der Waals surface area (Å²) in [5.41, 5.74) is 0.434. The second-order valence-electron chi connectivity index (χ2n) is 4.26. The molecule has 1 aromatic heterocycles. The molecule has 1 fully saturated rings. The summed E-state index contributed by atoms with van der Waals surface area (Å²) in [6, 6.07) is 3.44. The third-order valence-electron chi connectivity index (χ3n) is 2.58. The number of aromatic nitrogens is 1. The van der Waals surface area contributed by atoms with Gasteiger partial charge < -0.3 is 9.64 Å². The summed E-state index contributed by atoms with van der Waals surface area (Å²) in [6.07, 6.45) is 3.24. The number of hydrogen-bond donors (Lipinski definition) is 0. The maximum absolute atomic E-state index is 12.1. The number of carbonyl (C=O) groups excluding carboxylic acids is 1. The average molecular weight is 206 g/mol. The Morgan fingerprint density at radius 1 is 1.47 bits per heavy atom. The molecule has 0 unspecified atom stereocenters. The Morgan fingerprint density at radius 2 is 2.13 bits per heavy atom. The highest BCUT2D eigenvalue weighted by atomic mass is 16.5. The van der Waals surface area contributed by atoms with Crippen LogP contribution in [-0.2, 0) is 4.74 Å². The van der Waals surface area contributed by atoms with E-state index in [1.807, 2.05) is 13.8 Å². The predicted molar refractivity (Wildman–Crippen MR) is 55.3 cm³/mol. The number of nitrogens with zero attached hydrogens (tertiary/aromatic N) is 2. The van der Waals surface area contributed by atoms with Gasteiger partial charge >= 0.3 is 0 Å². The number of amides is 1. The van der Waals surface area contributed by atoms with Gasteiger partial charge in [0.2, 0.25) is 0 Å². The number of hydrogen-bond acceptors (Lipinski definition) is 3. The minimum atomic E-state index is -0.222. The van der Waals surface area contributed by atoms with Crippen LogP contribution in [0.15, 0.2) is 24.5 Å². The van der Waals surface area contributed by atoms with Gasteiger partial charge in [0.15, 0.2) is 0 Å². The molecule has 0 radical (unpaired) electrons.